The number of hydrogen-bond acceptors (Lipinski definition) is 6. The van der Waals surface area contributed by atoms with Crippen LogP contribution in [0.25, 0.3) is 10.6 Å². The molecule has 0 fully saturated rings. The molecule has 1 aromatic heterocycles. The number of carbonyl (C=O) groups excluding carboxylic acids is 1. The summed E-state index contributed by atoms with van der Waals surface area (Å²) in [5, 5.41) is 6.03. The number of benzene rings is 2. The molecule has 0 aliphatic rings. The fourth-order valence-electron chi connectivity index (χ4n) is 2.69. The molecule has 3 aromatic rings. The molecule has 2 aromatic carbocycles. The average molecular weight is 446 g/mol. The van der Waals surface area contributed by atoms with Crippen molar-refractivity contribution in [3.63, 3.8) is 0 Å². The number of rotatable bonds is 9. The lowest BCUT2D eigenvalue weighted by Crippen LogP contribution is -2.31. The van der Waals surface area contributed by atoms with Crippen molar-refractivity contribution in [3.05, 3.63) is 64.1 Å². The van der Waals surface area contributed by atoms with Gasteiger partial charge in [-0.1, -0.05) is 29.8 Å². The van der Waals surface area contributed by atoms with E-state index in [-0.39, 0.29) is 5.91 Å². The summed E-state index contributed by atoms with van der Waals surface area (Å²) in [6.45, 7) is 1.68. The summed E-state index contributed by atoms with van der Waals surface area (Å²) in [6, 6.07) is 13.1. The number of nitrogens with zero attached hydrogens (tertiary/aromatic N) is 2. The molecule has 1 N–H and O–H groups in total. The van der Waals surface area contributed by atoms with Crippen molar-refractivity contribution in [3.8, 4) is 22.1 Å². The second-order valence-corrected chi connectivity index (χ2v) is 8.11. The lowest BCUT2D eigenvalue weighted by molar-refractivity contribution is 0.0947. The lowest BCUT2D eigenvalue weighted by atomic mass is 10.2. The van der Waals surface area contributed by atoms with Crippen LogP contribution in [0.3, 0.4) is 0 Å². The number of ether oxygens (including phenoxy) is 2. The van der Waals surface area contributed by atoms with E-state index in [1.807, 2.05) is 61.5 Å². The monoisotopic (exact) mass is 445 g/mol. The van der Waals surface area contributed by atoms with Gasteiger partial charge in [0.1, 0.15) is 17.3 Å². The van der Waals surface area contributed by atoms with E-state index in [0.717, 1.165) is 22.7 Å². The van der Waals surface area contributed by atoms with Gasteiger partial charge in [0.15, 0.2) is 11.5 Å². The topological polar surface area (TPSA) is 63.7 Å². The quantitative estimate of drug-likeness (QED) is 0.530. The van der Waals surface area contributed by atoms with Crippen LogP contribution in [0.5, 0.6) is 11.5 Å². The van der Waals surface area contributed by atoms with Crippen LogP contribution in [0, 0.1) is 0 Å². The van der Waals surface area contributed by atoms with E-state index < -0.39 is 0 Å². The van der Waals surface area contributed by atoms with Crippen LogP contribution < -0.4 is 14.8 Å². The standard InChI is InChI=1S/C22H24ClN3O3S/c1-26(2)11-10-24-21(27)18-14-30-22(25-18)15-8-9-19(20(12-15)28-3)29-13-16-6-4-5-7-17(16)23/h4-9,12,14H,10-11,13H2,1-3H3,(H,24,27). The van der Waals surface area contributed by atoms with Gasteiger partial charge in [-0.3, -0.25) is 4.79 Å². The van der Waals surface area contributed by atoms with Crippen LogP contribution in [0.15, 0.2) is 47.8 Å². The lowest BCUT2D eigenvalue weighted by Gasteiger charge is -2.12. The van der Waals surface area contributed by atoms with Crippen LogP contribution in [0.1, 0.15) is 16.1 Å². The van der Waals surface area contributed by atoms with E-state index in [9.17, 15) is 4.79 Å². The van der Waals surface area contributed by atoms with E-state index in [4.69, 9.17) is 21.1 Å². The highest BCUT2D eigenvalue weighted by Crippen LogP contribution is 2.34. The molecule has 8 heteroatoms. The van der Waals surface area contributed by atoms with Crippen molar-refractivity contribution in [1.82, 2.24) is 15.2 Å². The maximum Gasteiger partial charge on any atom is 0.270 e. The number of carbonyl (C=O) groups is 1. The summed E-state index contributed by atoms with van der Waals surface area (Å²) in [7, 11) is 5.51. The highest BCUT2D eigenvalue weighted by Gasteiger charge is 2.14. The number of likely N-dealkylation sites (N-methyl/N-ethyl adjacent to an activating group) is 1. The molecule has 1 amide bonds. The summed E-state index contributed by atoms with van der Waals surface area (Å²) >= 11 is 7.60. The van der Waals surface area contributed by atoms with Crippen molar-refractivity contribution < 1.29 is 14.3 Å². The van der Waals surface area contributed by atoms with Crippen LogP contribution in [-0.4, -0.2) is 50.1 Å². The van der Waals surface area contributed by atoms with Gasteiger partial charge >= 0.3 is 0 Å². The molecule has 0 aliphatic carbocycles. The summed E-state index contributed by atoms with van der Waals surface area (Å²) in [6.07, 6.45) is 0. The van der Waals surface area contributed by atoms with Crippen molar-refractivity contribution >= 4 is 28.8 Å². The van der Waals surface area contributed by atoms with Gasteiger partial charge in [0.25, 0.3) is 5.91 Å². The first kappa shape index (κ1) is 22.1. The Hall–Kier alpha value is -2.61. The van der Waals surface area contributed by atoms with Gasteiger partial charge in [-0.2, -0.15) is 0 Å². The van der Waals surface area contributed by atoms with Crippen molar-refractivity contribution in [1.29, 1.82) is 0 Å². The van der Waals surface area contributed by atoms with E-state index in [0.29, 0.717) is 35.4 Å². The summed E-state index contributed by atoms with van der Waals surface area (Å²) in [5.74, 6) is 1.03. The third kappa shape index (κ3) is 5.72. The van der Waals surface area contributed by atoms with Gasteiger partial charge in [-0.25, -0.2) is 4.98 Å². The van der Waals surface area contributed by atoms with Crippen LogP contribution in [0.4, 0.5) is 0 Å². The predicted octanol–water partition coefficient (Wildman–Crippen LogP) is 4.34. The molecule has 0 bridgehead atoms. The number of amides is 1. The van der Waals surface area contributed by atoms with Crippen LogP contribution in [-0.2, 0) is 6.61 Å². The maximum absolute atomic E-state index is 12.3. The molecule has 3 rings (SSSR count). The Morgan fingerprint density at radius 3 is 2.73 bits per heavy atom. The van der Waals surface area contributed by atoms with E-state index in [1.165, 1.54) is 11.3 Å². The van der Waals surface area contributed by atoms with Crippen molar-refractivity contribution in [2.75, 3.05) is 34.3 Å². The molecule has 30 heavy (non-hydrogen) atoms. The fraction of sp³-hybridized carbons (Fsp3) is 0.273. The zero-order chi connectivity index (χ0) is 21.5. The third-order valence-corrected chi connectivity index (χ3v) is 5.59. The largest absolute Gasteiger partial charge is 0.493 e. The molecule has 1 heterocycles. The molecule has 0 unspecified atom stereocenters. The number of nitrogens with one attached hydrogen (secondary N) is 1. The van der Waals surface area contributed by atoms with Gasteiger partial charge in [-0.15, -0.1) is 11.3 Å². The fourth-order valence-corrected chi connectivity index (χ4v) is 3.67. The molecule has 0 aliphatic heterocycles. The first-order chi connectivity index (χ1) is 14.5. The summed E-state index contributed by atoms with van der Waals surface area (Å²) in [5.41, 5.74) is 2.16. The Morgan fingerprint density at radius 2 is 2.00 bits per heavy atom. The zero-order valence-electron chi connectivity index (χ0n) is 17.1. The van der Waals surface area contributed by atoms with Crippen molar-refractivity contribution in [2.24, 2.45) is 0 Å². The average Bonchev–Trinajstić information content (AvgIpc) is 3.23. The van der Waals surface area contributed by atoms with Gasteiger partial charge in [0.2, 0.25) is 0 Å². The van der Waals surface area contributed by atoms with Gasteiger partial charge < -0.3 is 19.7 Å². The number of hydrogen-bond donors (Lipinski definition) is 1. The van der Waals surface area contributed by atoms with Gasteiger partial charge in [-0.05, 0) is 38.4 Å². The Kier molecular flexibility index (Phi) is 7.68. The van der Waals surface area contributed by atoms with Gasteiger partial charge in [0.05, 0.1) is 7.11 Å². The van der Waals surface area contributed by atoms with Crippen LogP contribution >= 0.6 is 22.9 Å². The number of aromatic nitrogens is 1. The molecule has 0 radical (unpaired) electrons. The minimum Gasteiger partial charge on any atom is -0.493 e. The second kappa shape index (κ2) is 10.4. The molecule has 0 saturated heterocycles. The zero-order valence-corrected chi connectivity index (χ0v) is 18.7. The summed E-state index contributed by atoms with van der Waals surface area (Å²) < 4.78 is 11.4. The molecular formula is C22H24ClN3O3S. The Balaban J connectivity index is 1.69. The SMILES string of the molecule is COc1cc(-c2nc(C(=O)NCCN(C)C)cs2)ccc1OCc1ccccc1Cl. The summed E-state index contributed by atoms with van der Waals surface area (Å²) in [4.78, 5) is 18.7. The highest BCUT2D eigenvalue weighted by atomic mass is 35.5. The molecular weight excluding hydrogens is 422 g/mol. The second-order valence-electron chi connectivity index (χ2n) is 6.84. The van der Waals surface area contributed by atoms with Crippen LogP contribution in [0.2, 0.25) is 5.02 Å². The number of thiazole rings is 1. The minimum absolute atomic E-state index is 0.175. The molecule has 0 spiro atoms. The smallest absolute Gasteiger partial charge is 0.270 e. The Labute approximate surface area is 185 Å². The minimum atomic E-state index is -0.175. The molecule has 0 atom stereocenters. The normalized spacial score (nSPS) is 10.8. The Morgan fingerprint density at radius 1 is 1.20 bits per heavy atom. The maximum atomic E-state index is 12.3. The molecule has 158 valence electrons. The van der Waals surface area contributed by atoms with Crippen molar-refractivity contribution in [2.45, 2.75) is 6.61 Å². The first-order valence-corrected chi connectivity index (χ1v) is 10.7. The molecule has 6 nitrogen and oxygen atoms in total. The third-order valence-electron chi connectivity index (χ3n) is 4.33. The number of halogens is 1. The van der Waals surface area contributed by atoms with E-state index in [1.54, 1.807) is 12.5 Å². The van der Waals surface area contributed by atoms with Gasteiger partial charge in [0, 0.05) is 34.6 Å². The predicted molar refractivity (Wildman–Crippen MR) is 121 cm³/mol. The first-order valence-electron chi connectivity index (χ1n) is 9.41. The molecule has 0 saturated carbocycles. The Bertz CT molecular complexity index is 1010. The number of methoxy groups -OCH3 is 1. The highest BCUT2D eigenvalue weighted by molar-refractivity contribution is 7.13. The van der Waals surface area contributed by atoms with E-state index >= 15 is 0 Å². The van der Waals surface area contributed by atoms with E-state index in [2.05, 4.69) is 10.3 Å².